The maximum atomic E-state index is 12.9. The monoisotopic (exact) mass is 357 g/mol. The van der Waals surface area contributed by atoms with Gasteiger partial charge in [0.25, 0.3) is 0 Å². The highest BCUT2D eigenvalue weighted by Crippen LogP contribution is 2.24. The van der Waals surface area contributed by atoms with Crippen molar-refractivity contribution in [1.29, 1.82) is 0 Å². The summed E-state index contributed by atoms with van der Waals surface area (Å²) in [5.41, 5.74) is 2.74. The molecule has 0 aliphatic heterocycles. The van der Waals surface area contributed by atoms with E-state index in [0.717, 1.165) is 17.7 Å². The van der Waals surface area contributed by atoms with E-state index in [2.05, 4.69) is 23.6 Å². The highest BCUT2D eigenvalue weighted by molar-refractivity contribution is 7.89. The SMILES string of the molecule is Cc1cccc(CNS(=O)(=O)c2cn(CC(C)C)c3ncccc23)c1. The molecule has 0 amide bonds. The number of aryl methyl sites for hydroxylation is 1. The van der Waals surface area contributed by atoms with E-state index in [1.165, 1.54) is 0 Å². The average Bonchev–Trinajstić information content (AvgIpc) is 2.92. The van der Waals surface area contributed by atoms with Gasteiger partial charge in [0.05, 0.1) is 0 Å². The zero-order chi connectivity index (χ0) is 18.0. The zero-order valence-electron chi connectivity index (χ0n) is 14.7. The molecule has 0 spiro atoms. The normalized spacial score (nSPS) is 12.2. The lowest BCUT2D eigenvalue weighted by Crippen LogP contribution is -2.23. The second-order valence-corrected chi connectivity index (χ2v) is 8.46. The molecule has 3 rings (SSSR count). The Morgan fingerprint density at radius 3 is 2.72 bits per heavy atom. The standard InChI is InChI=1S/C19H23N3O2S/c1-14(2)12-22-13-18(17-8-5-9-20-19(17)22)25(23,24)21-11-16-7-4-6-15(3)10-16/h4-10,13-14,21H,11-12H2,1-3H3. The van der Waals surface area contributed by atoms with E-state index in [1.807, 2.05) is 35.8 Å². The maximum Gasteiger partial charge on any atom is 0.243 e. The number of nitrogens with zero attached hydrogens (tertiary/aromatic N) is 2. The van der Waals surface area contributed by atoms with Gasteiger partial charge in [-0.1, -0.05) is 43.7 Å². The molecule has 0 unspecified atom stereocenters. The van der Waals surface area contributed by atoms with Crippen LogP contribution in [0.4, 0.5) is 0 Å². The van der Waals surface area contributed by atoms with Crippen LogP contribution >= 0.6 is 0 Å². The molecule has 0 bridgehead atoms. The van der Waals surface area contributed by atoms with Crippen LogP contribution < -0.4 is 4.72 Å². The molecule has 2 heterocycles. The minimum Gasteiger partial charge on any atom is -0.331 e. The van der Waals surface area contributed by atoms with Crippen LogP contribution in [0.15, 0.2) is 53.7 Å². The molecule has 0 saturated heterocycles. The molecule has 0 atom stereocenters. The third-order valence-corrected chi connectivity index (χ3v) is 5.43. The van der Waals surface area contributed by atoms with Gasteiger partial charge in [-0.15, -0.1) is 0 Å². The summed E-state index contributed by atoms with van der Waals surface area (Å²) in [4.78, 5) is 4.65. The largest absolute Gasteiger partial charge is 0.331 e. The summed E-state index contributed by atoms with van der Waals surface area (Å²) in [6.07, 6.45) is 3.38. The predicted octanol–water partition coefficient (Wildman–Crippen LogP) is 3.48. The van der Waals surface area contributed by atoms with E-state index in [9.17, 15) is 8.42 Å². The summed E-state index contributed by atoms with van der Waals surface area (Å²) < 4.78 is 30.3. The number of pyridine rings is 1. The van der Waals surface area contributed by atoms with Crippen LogP contribution in [0.2, 0.25) is 0 Å². The van der Waals surface area contributed by atoms with Gasteiger partial charge >= 0.3 is 0 Å². The van der Waals surface area contributed by atoms with Gasteiger partial charge in [-0.2, -0.15) is 0 Å². The van der Waals surface area contributed by atoms with Gasteiger partial charge in [-0.05, 0) is 30.5 Å². The Bertz CT molecular complexity index is 991. The number of sulfonamides is 1. The van der Waals surface area contributed by atoms with E-state index in [4.69, 9.17) is 0 Å². The van der Waals surface area contributed by atoms with Crippen LogP contribution in [-0.4, -0.2) is 18.0 Å². The molecule has 2 aromatic heterocycles. The number of nitrogens with one attached hydrogen (secondary N) is 1. The van der Waals surface area contributed by atoms with Gasteiger partial charge in [0.2, 0.25) is 10.0 Å². The number of aromatic nitrogens is 2. The first-order valence-corrected chi connectivity index (χ1v) is 9.84. The van der Waals surface area contributed by atoms with Gasteiger partial charge in [0, 0.05) is 30.9 Å². The third kappa shape index (κ3) is 3.91. The Kier molecular flexibility index (Phi) is 4.92. The molecular weight excluding hydrogens is 334 g/mol. The zero-order valence-corrected chi connectivity index (χ0v) is 15.5. The van der Waals surface area contributed by atoms with Crippen molar-refractivity contribution in [2.24, 2.45) is 5.92 Å². The molecular formula is C19H23N3O2S. The second-order valence-electron chi connectivity index (χ2n) is 6.73. The van der Waals surface area contributed by atoms with E-state index < -0.39 is 10.0 Å². The Hall–Kier alpha value is -2.18. The summed E-state index contributed by atoms with van der Waals surface area (Å²) in [5.74, 6) is 0.397. The van der Waals surface area contributed by atoms with E-state index in [-0.39, 0.29) is 11.4 Å². The number of hydrogen-bond acceptors (Lipinski definition) is 3. The number of benzene rings is 1. The Morgan fingerprint density at radius 1 is 1.20 bits per heavy atom. The number of hydrogen-bond donors (Lipinski definition) is 1. The number of fused-ring (bicyclic) bond motifs is 1. The topological polar surface area (TPSA) is 64.0 Å². The second kappa shape index (κ2) is 6.98. The minimum absolute atomic E-state index is 0.265. The van der Waals surface area contributed by atoms with Crippen molar-refractivity contribution >= 4 is 21.1 Å². The molecule has 0 saturated carbocycles. The molecule has 5 nitrogen and oxygen atoms in total. The molecule has 3 aromatic rings. The van der Waals surface area contributed by atoms with Crippen LogP contribution in [0.3, 0.4) is 0 Å². The lowest BCUT2D eigenvalue weighted by Gasteiger charge is -2.07. The fraction of sp³-hybridized carbons (Fsp3) is 0.316. The van der Waals surface area contributed by atoms with Crippen molar-refractivity contribution in [3.63, 3.8) is 0 Å². The Balaban J connectivity index is 1.94. The van der Waals surface area contributed by atoms with Crippen LogP contribution in [0, 0.1) is 12.8 Å². The number of rotatable bonds is 6. The average molecular weight is 357 g/mol. The fourth-order valence-electron chi connectivity index (χ4n) is 2.92. The van der Waals surface area contributed by atoms with Gasteiger partial charge in [0.1, 0.15) is 10.5 Å². The quantitative estimate of drug-likeness (QED) is 0.734. The molecule has 0 aliphatic carbocycles. The first kappa shape index (κ1) is 17.6. The third-order valence-electron chi connectivity index (χ3n) is 4.00. The summed E-state index contributed by atoms with van der Waals surface area (Å²) >= 11 is 0. The predicted molar refractivity (Wildman–Crippen MR) is 99.8 cm³/mol. The van der Waals surface area contributed by atoms with Crippen LogP contribution in [0.25, 0.3) is 11.0 Å². The van der Waals surface area contributed by atoms with Crippen LogP contribution in [-0.2, 0) is 23.1 Å². The van der Waals surface area contributed by atoms with Gasteiger partial charge < -0.3 is 4.57 Å². The Morgan fingerprint density at radius 2 is 2.00 bits per heavy atom. The lowest BCUT2D eigenvalue weighted by molar-refractivity contribution is 0.530. The summed E-state index contributed by atoms with van der Waals surface area (Å²) in [6.45, 7) is 7.17. The van der Waals surface area contributed by atoms with Crippen LogP contribution in [0.1, 0.15) is 25.0 Å². The van der Waals surface area contributed by atoms with Crippen molar-refractivity contribution < 1.29 is 8.42 Å². The lowest BCUT2D eigenvalue weighted by atomic mass is 10.1. The van der Waals surface area contributed by atoms with E-state index >= 15 is 0 Å². The Labute approximate surface area is 148 Å². The molecule has 1 aromatic carbocycles. The maximum absolute atomic E-state index is 12.9. The molecule has 1 N–H and O–H groups in total. The van der Waals surface area contributed by atoms with Crippen molar-refractivity contribution in [2.45, 2.75) is 38.8 Å². The van der Waals surface area contributed by atoms with Gasteiger partial charge in [0.15, 0.2) is 0 Å². The first-order valence-electron chi connectivity index (χ1n) is 8.36. The van der Waals surface area contributed by atoms with Crippen LogP contribution in [0.5, 0.6) is 0 Å². The smallest absolute Gasteiger partial charge is 0.243 e. The van der Waals surface area contributed by atoms with Gasteiger partial charge in [-0.3, -0.25) is 0 Å². The molecule has 25 heavy (non-hydrogen) atoms. The van der Waals surface area contributed by atoms with Gasteiger partial charge in [-0.25, -0.2) is 18.1 Å². The van der Waals surface area contributed by atoms with Crippen molar-refractivity contribution in [1.82, 2.24) is 14.3 Å². The van der Waals surface area contributed by atoms with E-state index in [0.29, 0.717) is 17.0 Å². The van der Waals surface area contributed by atoms with Crippen molar-refractivity contribution in [3.8, 4) is 0 Å². The van der Waals surface area contributed by atoms with Crippen molar-refractivity contribution in [3.05, 3.63) is 59.9 Å². The molecule has 132 valence electrons. The molecule has 0 fully saturated rings. The fourth-order valence-corrected chi connectivity index (χ4v) is 4.14. The molecule has 6 heteroatoms. The summed E-state index contributed by atoms with van der Waals surface area (Å²) in [5, 5.41) is 0.653. The minimum atomic E-state index is -3.62. The highest BCUT2D eigenvalue weighted by Gasteiger charge is 2.21. The summed E-state index contributed by atoms with van der Waals surface area (Å²) in [7, 11) is -3.62. The highest BCUT2D eigenvalue weighted by atomic mass is 32.2. The van der Waals surface area contributed by atoms with E-state index in [1.54, 1.807) is 24.5 Å². The van der Waals surface area contributed by atoms with Crippen molar-refractivity contribution in [2.75, 3.05) is 0 Å². The first-order chi connectivity index (χ1) is 11.9. The molecule has 0 radical (unpaired) electrons. The molecule has 0 aliphatic rings. The summed E-state index contributed by atoms with van der Waals surface area (Å²) in [6, 6.07) is 11.4.